The van der Waals surface area contributed by atoms with Crippen molar-refractivity contribution in [1.82, 2.24) is 0 Å². The van der Waals surface area contributed by atoms with Crippen LogP contribution in [0.2, 0.25) is 0 Å². The third kappa shape index (κ3) is 0.909. The van der Waals surface area contributed by atoms with Crippen LogP contribution in [0, 0.1) is 0 Å². The van der Waals surface area contributed by atoms with E-state index in [4.69, 9.17) is 5.11 Å². The Morgan fingerprint density at radius 1 is 1.18 bits per heavy atom. The van der Waals surface area contributed by atoms with E-state index in [2.05, 4.69) is 0 Å². The van der Waals surface area contributed by atoms with E-state index >= 15 is 0 Å². The molecule has 0 unspecified atom stereocenters. The lowest BCUT2D eigenvalue weighted by molar-refractivity contribution is 0.471. The third-order valence-corrected chi connectivity index (χ3v) is 2.08. The number of rotatable bonds is 0. The molecule has 0 fully saturated rings. The SMILES string of the molecule is O=c1cc2c(ccc1O)CC2. The van der Waals surface area contributed by atoms with Crippen molar-refractivity contribution < 1.29 is 5.11 Å². The van der Waals surface area contributed by atoms with Crippen molar-refractivity contribution in [1.29, 1.82) is 0 Å². The van der Waals surface area contributed by atoms with Crippen molar-refractivity contribution in [2.75, 3.05) is 0 Å². The fourth-order valence-electron chi connectivity index (χ4n) is 1.26. The molecule has 2 rings (SSSR count). The number of fused-ring (bicyclic) bond motifs is 1. The van der Waals surface area contributed by atoms with Gasteiger partial charge in [-0.05, 0) is 36.1 Å². The van der Waals surface area contributed by atoms with Gasteiger partial charge in [0.05, 0.1) is 0 Å². The Morgan fingerprint density at radius 3 is 2.55 bits per heavy atom. The van der Waals surface area contributed by atoms with E-state index < -0.39 is 0 Å². The maximum Gasteiger partial charge on any atom is 0.220 e. The molecule has 2 heteroatoms. The molecule has 1 aromatic rings. The summed E-state index contributed by atoms with van der Waals surface area (Å²) in [5.74, 6) is -0.153. The van der Waals surface area contributed by atoms with E-state index in [1.165, 1.54) is 17.7 Å². The minimum atomic E-state index is -0.272. The standard InChI is InChI=1S/C9H8O2/c10-8-4-3-6-1-2-7(6)5-9(8)11/h3-5H,1-2H2,(H,10,11). The van der Waals surface area contributed by atoms with Crippen LogP contribution in [-0.2, 0) is 12.8 Å². The van der Waals surface area contributed by atoms with E-state index in [1.54, 1.807) is 0 Å². The van der Waals surface area contributed by atoms with Gasteiger partial charge in [0.15, 0.2) is 5.75 Å². The first kappa shape index (κ1) is 6.40. The molecular weight excluding hydrogens is 140 g/mol. The molecule has 0 aliphatic heterocycles. The summed E-state index contributed by atoms with van der Waals surface area (Å²) in [5.41, 5.74) is 1.99. The number of hydrogen-bond acceptors (Lipinski definition) is 2. The summed E-state index contributed by atoms with van der Waals surface area (Å²) in [6.45, 7) is 0. The summed E-state index contributed by atoms with van der Waals surface area (Å²) >= 11 is 0. The average molecular weight is 148 g/mol. The average Bonchev–Trinajstić information content (AvgIpc) is 2.03. The molecule has 0 aromatic heterocycles. The predicted molar refractivity (Wildman–Crippen MR) is 41.8 cm³/mol. The molecule has 1 N–H and O–H groups in total. The molecule has 0 saturated carbocycles. The van der Waals surface area contributed by atoms with Crippen molar-refractivity contribution in [3.05, 3.63) is 39.5 Å². The topological polar surface area (TPSA) is 37.3 Å². The second-order valence-electron chi connectivity index (χ2n) is 2.78. The molecule has 0 bridgehead atoms. The van der Waals surface area contributed by atoms with Crippen LogP contribution in [0.3, 0.4) is 0 Å². The Bertz CT molecular complexity index is 355. The number of hydrogen-bond donors (Lipinski definition) is 1. The highest BCUT2D eigenvalue weighted by atomic mass is 16.3. The zero-order valence-corrected chi connectivity index (χ0v) is 6.00. The van der Waals surface area contributed by atoms with Crippen LogP contribution in [0.1, 0.15) is 11.1 Å². The fourth-order valence-corrected chi connectivity index (χ4v) is 1.26. The van der Waals surface area contributed by atoms with Gasteiger partial charge in [0.1, 0.15) is 0 Å². The lowest BCUT2D eigenvalue weighted by atomic mass is 9.91. The Labute approximate surface area is 64.1 Å². The third-order valence-electron chi connectivity index (χ3n) is 2.08. The van der Waals surface area contributed by atoms with E-state index in [0.29, 0.717) is 0 Å². The van der Waals surface area contributed by atoms with Crippen molar-refractivity contribution in [3.8, 4) is 5.75 Å². The minimum absolute atomic E-state index is 0.153. The Balaban J connectivity index is 2.76. The molecule has 2 nitrogen and oxygen atoms in total. The van der Waals surface area contributed by atoms with Crippen LogP contribution in [-0.4, -0.2) is 5.11 Å². The van der Waals surface area contributed by atoms with Gasteiger partial charge in [-0.3, -0.25) is 4.79 Å². The van der Waals surface area contributed by atoms with Gasteiger partial charge < -0.3 is 5.11 Å². The fraction of sp³-hybridized carbons (Fsp3) is 0.222. The molecule has 1 aromatic carbocycles. The monoisotopic (exact) mass is 148 g/mol. The Hall–Kier alpha value is -1.31. The largest absolute Gasteiger partial charge is 0.504 e. The second kappa shape index (κ2) is 2.09. The molecule has 11 heavy (non-hydrogen) atoms. The van der Waals surface area contributed by atoms with Crippen molar-refractivity contribution in [2.24, 2.45) is 0 Å². The molecule has 1 aliphatic rings. The normalized spacial score (nSPS) is 13.5. The maximum absolute atomic E-state index is 11.0. The smallest absolute Gasteiger partial charge is 0.220 e. The first-order valence-corrected chi connectivity index (χ1v) is 3.62. The van der Waals surface area contributed by atoms with Crippen LogP contribution in [0.25, 0.3) is 0 Å². The molecule has 0 amide bonds. The molecule has 0 heterocycles. The summed E-state index contributed by atoms with van der Waals surface area (Å²) in [6.07, 6.45) is 2.00. The summed E-state index contributed by atoms with van der Waals surface area (Å²) in [7, 11) is 0. The first-order valence-electron chi connectivity index (χ1n) is 3.62. The Kier molecular flexibility index (Phi) is 1.22. The van der Waals surface area contributed by atoms with E-state index in [1.807, 2.05) is 6.07 Å². The highest BCUT2D eigenvalue weighted by Crippen LogP contribution is 2.20. The summed E-state index contributed by atoms with van der Waals surface area (Å²) in [4.78, 5) is 11.0. The summed E-state index contributed by atoms with van der Waals surface area (Å²) < 4.78 is 0. The van der Waals surface area contributed by atoms with Crippen molar-refractivity contribution in [3.63, 3.8) is 0 Å². The summed E-state index contributed by atoms with van der Waals surface area (Å²) in [5, 5.41) is 9.04. The van der Waals surface area contributed by atoms with Gasteiger partial charge in [0, 0.05) is 0 Å². The highest BCUT2D eigenvalue weighted by molar-refractivity contribution is 5.37. The maximum atomic E-state index is 11.0. The van der Waals surface area contributed by atoms with E-state index in [-0.39, 0.29) is 11.2 Å². The van der Waals surface area contributed by atoms with Gasteiger partial charge in [-0.2, -0.15) is 0 Å². The van der Waals surface area contributed by atoms with Gasteiger partial charge in [-0.15, -0.1) is 0 Å². The van der Waals surface area contributed by atoms with Gasteiger partial charge in [0.2, 0.25) is 5.43 Å². The summed E-state index contributed by atoms with van der Waals surface area (Å²) in [6, 6.07) is 4.81. The van der Waals surface area contributed by atoms with Gasteiger partial charge >= 0.3 is 0 Å². The lowest BCUT2D eigenvalue weighted by Gasteiger charge is -2.13. The molecular formula is C9H8O2. The van der Waals surface area contributed by atoms with Crippen molar-refractivity contribution in [2.45, 2.75) is 12.8 Å². The Morgan fingerprint density at radius 2 is 1.91 bits per heavy atom. The van der Waals surface area contributed by atoms with Crippen LogP contribution in [0.4, 0.5) is 0 Å². The molecule has 0 radical (unpaired) electrons. The van der Waals surface area contributed by atoms with Gasteiger partial charge in [-0.1, -0.05) is 6.07 Å². The zero-order valence-electron chi connectivity index (χ0n) is 6.00. The van der Waals surface area contributed by atoms with Crippen LogP contribution >= 0.6 is 0 Å². The molecule has 1 aliphatic carbocycles. The minimum Gasteiger partial charge on any atom is -0.504 e. The number of aromatic hydroxyl groups is 1. The van der Waals surface area contributed by atoms with E-state index in [0.717, 1.165) is 18.4 Å². The zero-order chi connectivity index (χ0) is 7.84. The van der Waals surface area contributed by atoms with Crippen LogP contribution < -0.4 is 5.43 Å². The van der Waals surface area contributed by atoms with Crippen LogP contribution in [0.5, 0.6) is 5.75 Å². The molecule has 0 spiro atoms. The first-order chi connectivity index (χ1) is 5.27. The number of aryl methyl sites for hydroxylation is 2. The predicted octanol–water partition coefficient (Wildman–Crippen LogP) is 0.851. The quantitative estimate of drug-likeness (QED) is 0.592. The van der Waals surface area contributed by atoms with Gasteiger partial charge in [-0.25, -0.2) is 0 Å². The molecule has 0 saturated heterocycles. The second-order valence-corrected chi connectivity index (χ2v) is 2.78. The highest BCUT2D eigenvalue weighted by Gasteiger charge is 2.11. The molecule has 56 valence electrons. The molecule has 0 atom stereocenters. The van der Waals surface area contributed by atoms with Gasteiger partial charge in [0.25, 0.3) is 0 Å². The van der Waals surface area contributed by atoms with Crippen LogP contribution in [0.15, 0.2) is 23.0 Å². The van der Waals surface area contributed by atoms with E-state index in [9.17, 15) is 4.79 Å². The van der Waals surface area contributed by atoms with Crippen molar-refractivity contribution >= 4 is 0 Å². The lowest BCUT2D eigenvalue weighted by Crippen LogP contribution is -2.07.